The first-order valence-electron chi connectivity index (χ1n) is 7.73. The molecule has 0 radical (unpaired) electrons. The van der Waals surface area contributed by atoms with E-state index in [4.69, 9.17) is 9.47 Å². The van der Waals surface area contributed by atoms with Gasteiger partial charge in [-0.05, 0) is 26.0 Å². The lowest BCUT2D eigenvalue weighted by Crippen LogP contribution is -2.30. The van der Waals surface area contributed by atoms with Crippen molar-refractivity contribution in [3.8, 4) is 11.5 Å². The van der Waals surface area contributed by atoms with Gasteiger partial charge in [-0.15, -0.1) is 0 Å². The predicted molar refractivity (Wildman–Crippen MR) is 92.1 cm³/mol. The number of benzene rings is 1. The molecule has 0 spiro atoms. The van der Waals surface area contributed by atoms with E-state index in [0.717, 1.165) is 0 Å². The number of carbonyl (C=O) groups excluding carboxylic acids is 1. The summed E-state index contributed by atoms with van der Waals surface area (Å²) in [5, 5.41) is 3.07. The first-order chi connectivity index (χ1) is 11.6. The number of aromatic nitrogens is 2. The summed E-state index contributed by atoms with van der Waals surface area (Å²) in [6, 6.07) is 5.39. The molecule has 24 heavy (non-hydrogen) atoms. The summed E-state index contributed by atoms with van der Waals surface area (Å²) in [5.74, 6) is 1.61. The van der Waals surface area contributed by atoms with E-state index in [2.05, 4.69) is 15.3 Å². The minimum absolute atomic E-state index is 0.0754. The number of amides is 1. The van der Waals surface area contributed by atoms with Crippen LogP contribution >= 0.6 is 0 Å². The molecule has 0 unspecified atom stereocenters. The average molecular weight is 330 g/mol. The number of anilines is 2. The van der Waals surface area contributed by atoms with Gasteiger partial charge in [-0.2, -0.15) is 0 Å². The molecule has 7 heteroatoms. The minimum atomic E-state index is -0.0754. The second-order valence-corrected chi connectivity index (χ2v) is 4.96. The van der Waals surface area contributed by atoms with Crippen LogP contribution in [0.4, 0.5) is 11.6 Å². The van der Waals surface area contributed by atoms with Crippen LogP contribution in [0, 0.1) is 0 Å². The first kappa shape index (κ1) is 17.5. The SMILES string of the molecule is CCN(CC)C(=O)c1cnc(Nc2ccc(OC)cc2OC)nc1. The van der Waals surface area contributed by atoms with Gasteiger partial charge in [0, 0.05) is 31.5 Å². The van der Waals surface area contributed by atoms with E-state index >= 15 is 0 Å². The molecule has 0 aliphatic rings. The van der Waals surface area contributed by atoms with Gasteiger partial charge in [0.1, 0.15) is 11.5 Å². The van der Waals surface area contributed by atoms with Crippen molar-refractivity contribution in [3.63, 3.8) is 0 Å². The van der Waals surface area contributed by atoms with Crippen LogP contribution < -0.4 is 14.8 Å². The number of nitrogens with zero attached hydrogens (tertiary/aromatic N) is 3. The van der Waals surface area contributed by atoms with E-state index in [1.165, 1.54) is 12.4 Å². The summed E-state index contributed by atoms with van der Waals surface area (Å²) in [6.07, 6.45) is 3.04. The van der Waals surface area contributed by atoms with Crippen LogP contribution in [0.2, 0.25) is 0 Å². The summed E-state index contributed by atoms with van der Waals surface area (Å²) in [4.78, 5) is 22.4. The van der Waals surface area contributed by atoms with Gasteiger partial charge in [0.15, 0.2) is 0 Å². The normalized spacial score (nSPS) is 10.2. The number of hydrogen-bond donors (Lipinski definition) is 1. The Labute approximate surface area is 141 Å². The lowest BCUT2D eigenvalue weighted by Gasteiger charge is -2.18. The summed E-state index contributed by atoms with van der Waals surface area (Å²) < 4.78 is 10.5. The standard InChI is InChI=1S/C17H22N4O3/c1-5-21(6-2)16(22)12-10-18-17(19-11-12)20-14-8-7-13(23-3)9-15(14)24-4/h7-11H,5-6H2,1-4H3,(H,18,19,20). The second-order valence-electron chi connectivity index (χ2n) is 4.96. The zero-order chi connectivity index (χ0) is 17.5. The highest BCUT2D eigenvalue weighted by Crippen LogP contribution is 2.30. The molecule has 7 nitrogen and oxygen atoms in total. The van der Waals surface area contributed by atoms with Crippen molar-refractivity contribution in [1.82, 2.24) is 14.9 Å². The van der Waals surface area contributed by atoms with E-state index in [0.29, 0.717) is 41.8 Å². The molecule has 1 aromatic heterocycles. The summed E-state index contributed by atoms with van der Waals surface area (Å²) in [6.45, 7) is 5.18. The Morgan fingerprint density at radius 1 is 1.12 bits per heavy atom. The molecule has 0 bridgehead atoms. The Kier molecular flexibility index (Phi) is 5.95. The molecular formula is C17H22N4O3. The van der Waals surface area contributed by atoms with Crippen molar-refractivity contribution in [1.29, 1.82) is 0 Å². The maximum atomic E-state index is 12.2. The monoisotopic (exact) mass is 330 g/mol. The highest BCUT2D eigenvalue weighted by molar-refractivity contribution is 5.93. The lowest BCUT2D eigenvalue weighted by atomic mass is 10.2. The predicted octanol–water partition coefficient (Wildman–Crippen LogP) is 2.72. The Bertz CT molecular complexity index is 685. The maximum absolute atomic E-state index is 12.2. The topological polar surface area (TPSA) is 76.6 Å². The fourth-order valence-corrected chi connectivity index (χ4v) is 2.22. The maximum Gasteiger partial charge on any atom is 0.256 e. The zero-order valence-electron chi connectivity index (χ0n) is 14.4. The van der Waals surface area contributed by atoms with Crippen molar-refractivity contribution >= 4 is 17.5 Å². The van der Waals surface area contributed by atoms with Crippen molar-refractivity contribution < 1.29 is 14.3 Å². The molecule has 0 atom stereocenters. The van der Waals surface area contributed by atoms with Crippen LogP contribution in [0.25, 0.3) is 0 Å². The number of carbonyl (C=O) groups is 1. The van der Waals surface area contributed by atoms with Gasteiger partial charge in [0.05, 0.1) is 25.5 Å². The molecular weight excluding hydrogens is 308 g/mol. The first-order valence-corrected chi connectivity index (χ1v) is 7.73. The van der Waals surface area contributed by atoms with Gasteiger partial charge in [0.25, 0.3) is 5.91 Å². The Balaban J connectivity index is 2.16. The molecule has 0 saturated carbocycles. The quantitative estimate of drug-likeness (QED) is 0.841. The van der Waals surface area contributed by atoms with Crippen molar-refractivity contribution in [2.24, 2.45) is 0 Å². The molecule has 1 N–H and O–H groups in total. The highest BCUT2D eigenvalue weighted by Gasteiger charge is 2.14. The van der Waals surface area contributed by atoms with Crippen molar-refractivity contribution in [3.05, 3.63) is 36.2 Å². The number of rotatable bonds is 7. The van der Waals surface area contributed by atoms with Crippen molar-refractivity contribution in [2.75, 3.05) is 32.6 Å². The molecule has 0 aliphatic heterocycles. The Hall–Kier alpha value is -2.83. The van der Waals surface area contributed by atoms with Gasteiger partial charge >= 0.3 is 0 Å². The third kappa shape index (κ3) is 3.92. The molecule has 0 fully saturated rings. The van der Waals surface area contributed by atoms with Gasteiger partial charge in [0.2, 0.25) is 5.95 Å². The fourth-order valence-electron chi connectivity index (χ4n) is 2.22. The van der Waals surface area contributed by atoms with E-state index in [9.17, 15) is 4.79 Å². The van der Waals surface area contributed by atoms with Crippen LogP contribution in [0.15, 0.2) is 30.6 Å². The summed E-state index contributed by atoms with van der Waals surface area (Å²) in [5.41, 5.74) is 1.17. The van der Waals surface area contributed by atoms with E-state index in [-0.39, 0.29) is 5.91 Å². The smallest absolute Gasteiger partial charge is 0.256 e. The van der Waals surface area contributed by atoms with E-state index < -0.39 is 0 Å². The fraction of sp³-hybridized carbons (Fsp3) is 0.353. The highest BCUT2D eigenvalue weighted by atomic mass is 16.5. The Morgan fingerprint density at radius 2 is 1.79 bits per heavy atom. The third-order valence-corrected chi connectivity index (χ3v) is 3.60. The number of methoxy groups -OCH3 is 2. The van der Waals surface area contributed by atoms with Gasteiger partial charge in [-0.25, -0.2) is 9.97 Å². The van der Waals surface area contributed by atoms with Crippen LogP contribution in [-0.2, 0) is 0 Å². The molecule has 2 aromatic rings. The van der Waals surface area contributed by atoms with Gasteiger partial charge in [-0.3, -0.25) is 4.79 Å². The average Bonchev–Trinajstić information content (AvgIpc) is 2.63. The largest absolute Gasteiger partial charge is 0.497 e. The number of hydrogen-bond acceptors (Lipinski definition) is 6. The minimum Gasteiger partial charge on any atom is -0.497 e. The van der Waals surface area contributed by atoms with Crippen LogP contribution in [0.1, 0.15) is 24.2 Å². The number of nitrogens with one attached hydrogen (secondary N) is 1. The van der Waals surface area contributed by atoms with Crippen LogP contribution in [0.5, 0.6) is 11.5 Å². The number of ether oxygens (including phenoxy) is 2. The Morgan fingerprint density at radius 3 is 2.33 bits per heavy atom. The van der Waals surface area contributed by atoms with Crippen molar-refractivity contribution in [2.45, 2.75) is 13.8 Å². The summed E-state index contributed by atoms with van der Waals surface area (Å²) >= 11 is 0. The molecule has 0 saturated heterocycles. The third-order valence-electron chi connectivity index (χ3n) is 3.60. The molecule has 1 heterocycles. The van der Waals surface area contributed by atoms with Crippen LogP contribution in [0.3, 0.4) is 0 Å². The molecule has 0 aliphatic carbocycles. The zero-order valence-corrected chi connectivity index (χ0v) is 14.4. The summed E-state index contributed by atoms with van der Waals surface area (Å²) in [7, 11) is 3.17. The van der Waals surface area contributed by atoms with E-state index in [1.807, 2.05) is 26.0 Å². The van der Waals surface area contributed by atoms with E-state index in [1.54, 1.807) is 25.2 Å². The van der Waals surface area contributed by atoms with Gasteiger partial charge in [-0.1, -0.05) is 0 Å². The molecule has 128 valence electrons. The lowest BCUT2D eigenvalue weighted by molar-refractivity contribution is 0.0772. The molecule has 2 rings (SSSR count). The molecule has 1 amide bonds. The second kappa shape index (κ2) is 8.14. The molecule has 1 aromatic carbocycles. The van der Waals surface area contributed by atoms with Crippen LogP contribution in [-0.4, -0.2) is 48.1 Å². The van der Waals surface area contributed by atoms with Gasteiger partial charge < -0.3 is 19.7 Å².